The molecule has 92 valence electrons. The van der Waals surface area contributed by atoms with E-state index in [-0.39, 0.29) is 12.1 Å². The van der Waals surface area contributed by atoms with Gasteiger partial charge >= 0.3 is 6.09 Å². The molecular weight excluding hydrogens is 220 g/mol. The molecule has 1 aliphatic rings. The number of aryl methyl sites for hydroxylation is 1. The molecule has 0 aromatic heterocycles. The number of rotatable bonds is 2. The zero-order valence-corrected chi connectivity index (χ0v) is 9.97. The van der Waals surface area contributed by atoms with Gasteiger partial charge in [0.1, 0.15) is 0 Å². The first-order chi connectivity index (χ1) is 8.10. The van der Waals surface area contributed by atoms with Crippen LogP contribution in [0, 0.1) is 6.92 Å². The fourth-order valence-corrected chi connectivity index (χ4v) is 1.68. The fourth-order valence-electron chi connectivity index (χ4n) is 1.68. The molecule has 1 heterocycles. The van der Waals surface area contributed by atoms with Gasteiger partial charge in [-0.1, -0.05) is 6.07 Å². The molecule has 1 aromatic rings. The van der Waals surface area contributed by atoms with Crippen LogP contribution in [0.2, 0.25) is 0 Å². The molecule has 2 rings (SSSR count). The highest BCUT2D eigenvalue weighted by Gasteiger charge is 2.29. The van der Waals surface area contributed by atoms with E-state index in [1.807, 2.05) is 19.1 Å². The minimum Gasteiger partial charge on any atom is -0.493 e. The lowest BCUT2D eigenvalue weighted by molar-refractivity contribution is 0.112. The number of methoxy groups -OCH3 is 1. The first-order valence-corrected chi connectivity index (χ1v) is 5.47. The highest BCUT2D eigenvalue weighted by molar-refractivity contribution is 5.72. The summed E-state index contributed by atoms with van der Waals surface area (Å²) < 4.78 is 10.4. The molecule has 0 bridgehead atoms. The van der Waals surface area contributed by atoms with Crippen LogP contribution >= 0.6 is 0 Å². The van der Waals surface area contributed by atoms with Crippen LogP contribution < -0.4 is 15.2 Å². The third kappa shape index (κ3) is 2.50. The van der Waals surface area contributed by atoms with Crippen molar-refractivity contribution >= 4 is 6.09 Å². The maximum absolute atomic E-state index is 11.7. The van der Waals surface area contributed by atoms with Gasteiger partial charge < -0.3 is 20.1 Å². The third-order valence-electron chi connectivity index (χ3n) is 2.68. The van der Waals surface area contributed by atoms with Gasteiger partial charge in [-0.2, -0.15) is 0 Å². The molecule has 0 spiro atoms. The lowest BCUT2D eigenvalue weighted by Gasteiger charge is -2.35. The average Bonchev–Trinajstić information content (AvgIpc) is 2.27. The van der Waals surface area contributed by atoms with Gasteiger partial charge in [-0.05, 0) is 24.6 Å². The van der Waals surface area contributed by atoms with Crippen LogP contribution in [0.15, 0.2) is 18.2 Å². The molecule has 0 atom stereocenters. The van der Waals surface area contributed by atoms with Crippen LogP contribution in [0.1, 0.15) is 5.56 Å². The Hall–Kier alpha value is -1.75. The summed E-state index contributed by atoms with van der Waals surface area (Å²) in [5.41, 5.74) is 6.65. The van der Waals surface area contributed by atoms with Gasteiger partial charge in [-0.15, -0.1) is 0 Å². The second kappa shape index (κ2) is 4.63. The van der Waals surface area contributed by atoms with Gasteiger partial charge in [-0.3, -0.25) is 0 Å². The van der Waals surface area contributed by atoms with E-state index in [4.69, 9.17) is 15.2 Å². The van der Waals surface area contributed by atoms with Crippen LogP contribution in [0.5, 0.6) is 11.5 Å². The normalized spacial score (nSPS) is 15.4. The molecule has 0 radical (unpaired) electrons. The van der Waals surface area contributed by atoms with Crippen molar-refractivity contribution in [2.75, 3.05) is 20.2 Å². The Morgan fingerprint density at radius 3 is 2.71 bits per heavy atom. The maximum Gasteiger partial charge on any atom is 0.415 e. The average molecular weight is 236 g/mol. The van der Waals surface area contributed by atoms with Crippen molar-refractivity contribution in [2.45, 2.75) is 13.0 Å². The molecule has 17 heavy (non-hydrogen) atoms. The minimum atomic E-state index is -0.381. The number of ether oxygens (including phenoxy) is 2. The second-order valence-corrected chi connectivity index (χ2v) is 4.19. The minimum absolute atomic E-state index is 0.0717. The zero-order chi connectivity index (χ0) is 12.4. The summed E-state index contributed by atoms with van der Waals surface area (Å²) >= 11 is 0. The Bertz CT molecular complexity index is 428. The number of nitrogens with zero attached hydrogens (tertiary/aromatic N) is 1. The molecule has 2 N–H and O–H groups in total. The number of amides is 1. The standard InChI is InChI=1S/C12H16N2O3/c1-8-3-4-10(11(5-8)16-2)17-12(15)14-6-9(13)7-14/h3-5,9H,6-7,13H2,1-2H3. The first-order valence-electron chi connectivity index (χ1n) is 5.47. The van der Waals surface area contributed by atoms with E-state index in [9.17, 15) is 4.79 Å². The van der Waals surface area contributed by atoms with Crippen LogP contribution in [0.25, 0.3) is 0 Å². The Kier molecular flexibility index (Phi) is 3.19. The van der Waals surface area contributed by atoms with E-state index < -0.39 is 0 Å². The van der Waals surface area contributed by atoms with Crippen molar-refractivity contribution in [2.24, 2.45) is 5.73 Å². The summed E-state index contributed by atoms with van der Waals surface area (Å²) in [7, 11) is 1.55. The maximum atomic E-state index is 11.7. The quantitative estimate of drug-likeness (QED) is 0.836. The fraction of sp³-hybridized carbons (Fsp3) is 0.417. The molecule has 1 saturated heterocycles. The van der Waals surface area contributed by atoms with Crippen molar-refractivity contribution in [3.63, 3.8) is 0 Å². The monoisotopic (exact) mass is 236 g/mol. The summed E-state index contributed by atoms with van der Waals surface area (Å²) in [5, 5.41) is 0. The Morgan fingerprint density at radius 1 is 1.41 bits per heavy atom. The van der Waals surface area contributed by atoms with E-state index in [0.29, 0.717) is 24.6 Å². The predicted octanol–water partition coefficient (Wildman–Crippen LogP) is 1.15. The smallest absolute Gasteiger partial charge is 0.415 e. The number of hydrogen-bond donors (Lipinski definition) is 1. The van der Waals surface area contributed by atoms with Crippen molar-refractivity contribution in [1.82, 2.24) is 4.90 Å². The first kappa shape index (κ1) is 11.7. The second-order valence-electron chi connectivity index (χ2n) is 4.19. The van der Waals surface area contributed by atoms with Gasteiger partial charge in [0.2, 0.25) is 0 Å². The van der Waals surface area contributed by atoms with Gasteiger partial charge in [0, 0.05) is 19.1 Å². The van der Waals surface area contributed by atoms with Gasteiger partial charge in [0.25, 0.3) is 0 Å². The molecule has 1 amide bonds. The molecule has 0 saturated carbocycles. The van der Waals surface area contributed by atoms with Gasteiger partial charge in [0.05, 0.1) is 7.11 Å². The lowest BCUT2D eigenvalue weighted by Crippen LogP contribution is -2.58. The molecule has 1 aromatic carbocycles. The lowest BCUT2D eigenvalue weighted by atomic mass is 10.1. The largest absolute Gasteiger partial charge is 0.493 e. The highest BCUT2D eigenvalue weighted by atomic mass is 16.6. The molecule has 1 aliphatic heterocycles. The topological polar surface area (TPSA) is 64.8 Å². The van der Waals surface area contributed by atoms with E-state index in [1.165, 1.54) is 0 Å². The summed E-state index contributed by atoms with van der Waals surface area (Å²) in [6.07, 6.45) is -0.381. The Morgan fingerprint density at radius 2 is 2.12 bits per heavy atom. The van der Waals surface area contributed by atoms with Gasteiger partial charge in [-0.25, -0.2) is 4.79 Å². The number of nitrogens with two attached hydrogens (primary N) is 1. The number of benzene rings is 1. The number of carbonyl (C=O) groups excluding carboxylic acids is 1. The Balaban J connectivity index is 2.05. The predicted molar refractivity (Wildman–Crippen MR) is 63.3 cm³/mol. The summed E-state index contributed by atoms with van der Waals surface area (Å²) in [4.78, 5) is 13.2. The molecule has 0 unspecified atom stereocenters. The number of carbonyl (C=O) groups is 1. The van der Waals surface area contributed by atoms with Crippen molar-refractivity contribution in [3.05, 3.63) is 23.8 Å². The SMILES string of the molecule is COc1cc(C)ccc1OC(=O)N1CC(N)C1. The van der Waals surface area contributed by atoms with Crippen LogP contribution in [0.4, 0.5) is 4.79 Å². The van der Waals surface area contributed by atoms with Crippen molar-refractivity contribution in [1.29, 1.82) is 0 Å². The van der Waals surface area contributed by atoms with E-state index >= 15 is 0 Å². The summed E-state index contributed by atoms with van der Waals surface area (Å²) in [6, 6.07) is 5.49. The number of likely N-dealkylation sites (tertiary alicyclic amines) is 1. The van der Waals surface area contributed by atoms with E-state index in [2.05, 4.69) is 0 Å². The number of hydrogen-bond acceptors (Lipinski definition) is 4. The summed E-state index contributed by atoms with van der Waals surface area (Å²) in [5.74, 6) is 0.992. The van der Waals surface area contributed by atoms with E-state index in [0.717, 1.165) is 5.56 Å². The van der Waals surface area contributed by atoms with Crippen molar-refractivity contribution in [3.8, 4) is 11.5 Å². The van der Waals surface area contributed by atoms with E-state index in [1.54, 1.807) is 18.1 Å². The van der Waals surface area contributed by atoms with Crippen molar-refractivity contribution < 1.29 is 14.3 Å². The third-order valence-corrected chi connectivity index (χ3v) is 2.68. The zero-order valence-electron chi connectivity index (χ0n) is 9.97. The molecule has 5 heteroatoms. The summed E-state index contributed by atoms with van der Waals surface area (Å²) in [6.45, 7) is 3.04. The van der Waals surface area contributed by atoms with Crippen LogP contribution in [-0.2, 0) is 0 Å². The molecule has 0 aliphatic carbocycles. The molecule has 1 fully saturated rings. The Labute approximate surface area is 100 Å². The molecule has 5 nitrogen and oxygen atoms in total. The highest BCUT2D eigenvalue weighted by Crippen LogP contribution is 2.28. The van der Waals surface area contributed by atoms with Crippen LogP contribution in [0.3, 0.4) is 0 Å². The van der Waals surface area contributed by atoms with Crippen LogP contribution in [-0.4, -0.2) is 37.2 Å². The van der Waals surface area contributed by atoms with Gasteiger partial charge in [0.15, 0.2) is 11.5 Å². The molecular formula is C12H16N2O3.